The fraction of sp³-hybridized carbons (Fsp3) is 0.467. The van der Waals surface area contributed by atoms with E-state index in [0.717, 1.165) is 0 Å². The number of nitrogens with two attached hydrogens (primary N) is 1. The van der Waals surface area contributed by atoms with E-state index in [1.165, 1.54) is 0 Å². The number of H-pyrrole nitrogens is 1. The average Bonchev–Trinajstić information content (AvgIpc) is 2.73. The predicted octanol–water partition coefficient (Wildman–Crippen LogP) is 1.24. The van der Waals surface area contributed by atoms with Crippen LogP contribution in [0.15, 0.2) is 11.0 Å². The van der Waals surface area contributed by atoms with Crippen molar-refractivity contribution in [2.75, 3.05) is 12.3 Å². The first kappa shape index (κ1) is 15.1. The van der Waals surface area contributed by atoms with Gasteiger partial charge in [-0.25, -0.2) is 0 Å². The molecule has 0 bridgehead atoms. The highest BCUT2D eigenvalue weighted by molar-refractivity contribution is 5.83. The van der Waals surface area contributed by atoms with Gasteiger partial charge in [-0.3, -0.25) is 9.78 Å². The molecule has 0 saturated carbocycles. The van der Waals surface area contributed by atoms with Crippen LogP contribution in [0.3, 0.4) is 0 Å². The van der Waals surface area contributed by atoms with Gasteiger partial charge >= 0.3 is 0 Å². The first-order chi connectivity index (χ1) is 9.90. The van der Waals surface area contributed by atoms with Crippen LogP contribution >= 0.6 is 0 Å². The Labute approximate surface area is 123 Å². The van der Waals surface area contributed by atoms with Crippen LogP contribution in [0.25, 0.3) is 11.0 Å². The van der Waals surface area contributed by atoms with Crippen LogP contribution in [0.1, 0.15) is 39.3 Å². The van der Waals surface area contributed by atoms with Crippen LogP contribution < -0.4 is 16.6 Å². The normalized spacial score (nSPS) is 11.1. The predicted molar refractivity (Wildman–Crippen MR) is 85.2 cm³/mol. The van der Waals surface area contributed by atoms with Crippen molar-refractivity contribution in [1.29, 1.82) is 0 Å². The summed E-state index contributed by atoms with van der Waals surface area (Å²) in [6.07, 6.45) is 1.86. The molecular formula is C15H21N5O. The third-order valence-corrected chi connectivity index (χ3v) is 3.08. The van der Waals surface area contributed by atoms with Gasteiger partial charge in [0.05, 0.1) is 17.5 Å². The highest BCUT2D eigenvalue weighted by Gasteiger charge is 2.14. The van der Waals surface area contributed by atoms with Gasteiger partial charge in [0.2, 0.25) is 5.95 Å². The van der Waals surface area contributed by atoms with Gasteiger partial charge in [-0.2, -0.15) is 4.98 Å². The Hall–Kier alpha value is -2.26. The van der Waals surface area contributed by atoms with Crippen LogP contribution in [0.4, 0.5) is 5.95 Å². The Morgan fingerprint density at radius 1 is 1.43 bits per heavy atom. The van der Waals surface area contributed by atoms with Crippen LogP contribution in [-0.2, 0) is 0 Å². The lowest BCUT2D eigenvalue weighted by atomic mass is 10.2. The van der Waals surface area contributed by atoms with Gasteiger partial charge in [-0.05, 0) is 27.7 Å². The van der Waals surface area contributed by atoms with E-state index in [1.807, 2.05) is 24.6 Å². The maximum absolute atomic E-state index is 12.1. The van der Waals surface area contributed by atoms with Crippen molar-refractivity contribution in [2.24, 2.45) is 0 Å². The van der Waals surface area contributed by atoms with E-state index in [2.05, 4.69) is 41.0 Å². The van der Waals surface area contributed by atoms with Gasteiger partial charge in [0, 0.05) is 18.3 Å². The number of hydrogen-bond donors (Lipinski definition) is 3. The number of hydrogen-bond acceptors (Lipinski definition) is 4. The lowest BCUT2D eigenvalue weighted by Crippen LogP contribution is -2.22. The van der Waals surface area contributed by atoms with Crippen molar-refractivity contribution < 1.29 is 0 Å². The molecule has 6 heteroatoms. The van der Waals surface area contributed by atoms with Gasteiger partial charge in [0.15, 0.2) is 5.65 Å². The van der Waals surface area contributed by atoms with Crippen LogP contribution in [0, 0.1) is 11.8 Å². The maximum Gasteiger partial charge on any atom is 0.263 e. The van der Waals surface area contributed by atoms with Crippen molar-refractivity contribution in [3.63, 3.8) is 0 Å². The van der Waals surface area contributed by atoms with Crippen molar-refractivity contribution in [3.8, 4) is 11.8 Å². The highest BCUT2D eigenvalue weighted by Crippen LogP contribution is 2.19. The number of aromatic amines is 1. The van der Waals surface area contributed by atoms with Gasteiger partial charge in [0.1, 0.15) is 0 Å². The van der Waals surface area contributed by atoms with Gasteiger partial charge in [-0.1, -0.05) is 11.8 Å². The molecule has 2 rings (SSSR count). The minimum absolute atomic E-state index is 0.119. The Morgan fingerprint density at radius 3 is 2.76 bits per heavy atom. The topological polar surface area (TPSA) is 88.7 Å². The molecule has 2 heterocycles. The molecule has 6 nitrogen and oxygen atoms in total. The quantitative estimate of drug-likeness (QED) is 0.741. The number of rotatable bonds is 3. The summed E-state index contributed by atoms with van der Waals surface area (Å²) in [4.78, 5) is 18.9. The third-order valence-electron chi connectivity index (χ3n) is 3.08. The zero-order chi connectivity index (χ0) is 15.6. The summed E-state index contributed by atoms with van der Waals surface area (Å²) >= 11 is 0. The largest absolute Gasteiger partial charge is 0.369 e. The zero-order valence-corrected chi connectivity index (χ0v) is 12.8. The summed E-state index contributed by atoms with van der Waals surface area (Å²) in [5.74, 6) is 6.20. The molecule has 21 heavy (non-hydrogen) atoms. The summed E-state index contributed by atoms with van der Waals surface area (Å²) in [5.41, 5.74) is 6.64. The number of nitrogens with one attached hydrogen (secondary N) is 2. The van der Waals surface area contributed by atoms with E-state index in [1.54, 1.807) is 0 Å². The van der Waals surface area contributed by atoms with Crippen LogP contribution in [0.5, 0.6) is 0 Å². The monoisotopic (exact) mass is 287 g/mol. The Bertz CT molecular complexity index is 758. The van der Waals surface area contributed by atoms with E-state index in [4.69, 9.17) is 5.73 Å². The number of nitrogen functional groups attached to an aromatic ring is 1. The minimum Gasteiger partial charge on any atom is -0.369 e. The molecule has 0 aliphatic rings. The van der Waals surface area contributed by atoms with Crippen molar-refractivity contribution in [1.82, 2.24) is 19.9 Å². The molecule has 0 aliphatic carbocycles. The molecule has 0 spiro atoms. The van der Waals surface area contributed by atoms with Crippen LogP contribution in [0.2, 0.25) is 0 Å². The lowest BCUT2D eigenvalue weighted by molar-refractivity contribution is 0.617. The van der Waals surface area contributed by atoms with E-state index >= 15 is 0 Å². The Kier molecular flexibility index (Phi) is 4.34. The standard InChI is InChI=1S/C15H21N5O/c1-9(2)17-7-5-6-11-8-20(10(3)4)13-12(11)14(21)19-15(16)18-13/h8-10,17H,7H2,1-4H3,(H3,16,18,19,21). The van der Waals surface area contributed by atoms with Crippen LogP contribution in [-0.4, -0.2) is 27.1 Å². The highest BCUT2D eigenvalue weighted by atomic mass is 16.1. The number of aromatic nitrogens is 3. The molecule has 4 N–H and O–H groups in total. The summed E-state index contributed by atoms with van der Waals surface area (Å²) < 4.78 is 1.92. The fourth-order valence-corrected chi connectivity index (χ4v) is 2.06. The van der Waals surface area contributed by atoms with Crippen molar-refractivity contribution in [3.05, 3.63) is 22.1 Å². The summed E-state index contributed by atoms with van der Waals surface area (Å²) in [6, 6.07) is 0.548. The lowest BCUT2D eigenvalue weighted by Gasteiger charge is -2.07. The summed E-state index contributed by atoms with van der Waals surface area (Å²) in [7, 11) is 0. The van der Waals surface area contributed by atoms with E-state index in [9.17, 15) is 4.79 Å². The van der Waals surface area contributed by atoms with E-state index < -0.39 is 0 Å². The minimum atomic E-state index is -0.252. The molecule has 0 fully saturated rings. The number of fused-ring (bicyclic) bond motifs is 1. The smallest absolute Gasteiger partial charge is 0.263 e. The molecular weight excluding hydrogens is 266 g/mol. The Morgan fingerprint density at radius 2 is 2.14 bits per heavy atom. The molecule has 0 aliphatic heterocycles. The molecule has 0 saturated heterocycles. The fourth-order valence-electron chi connectivity index (χ4n) is 2.06. The summed E-state index contributed by atoms with van der Waals surface area (Å²) in [6.45, 7) is 8.74. The average molecular weight is 287 g/mol. The first-order valence-electron chi connectivity index (χ1n) is 7.02. The van der Waals surface area contributed by atoms with Gasteiger partial charge in [-0.15, -0.1) is 0 Å². The molecule has 0 aromatic carbocycles. The SMILES string of the molecule is CC(C)NCC#Cc1cn(C(C)C)c2nc(N)[nH]c(=O)c12. The van der Waals surface area contributed by atoms with E-state index in [0.29, 0.717) is 29.2 Å². The second-order valence-corrected chi connectivity index (χ2v) is 5.53. The van der Waals surface area contributed by atoms with E-state index in [-0.39, 0.29) is 17.5 Å². The molecule has 0 atom stereocenters. The number of anilines is 1. The molecule has 2 aromatic rings. The summed E-state index contributed by atoms with van der Waals surface area (Å²) in [5, 5.41) is 3.71. The maximum atomic E-state index is 12.1. The second-order valence-electron chi connectivity index (χ2n) is 5.53. The molecule has 0 unspecified atom stereocenters. The molecule has 2 aromatic heterocycles. The van der Waals surface area contributed by atoms with Gasteiger partial charge < -0.3 is 15.6 Å². The van der Waals surface area contributed by atoms with Crippen molar-refractivity contribution >= 4 is 17.0 Å². The third kappa shape index (κ3) is 3.26. The zero-order valence-electron chi connectivity index (χ0n) is 12.8. The molecule has 0 amide bonds. The number of nitrogens with zero attached hydrogens (tertiary/aromatic N) is 2. The van der Waals surface area contributed by atoms with Gasteiger partial charge in [0.25, 0.3) is 5.56 Å². The molecule has 112 valence electrons. The second kappa shape index (κ2) is 6.02. The molecule has 0 radical (unpaired) electrons. The first-order valence-corrected chi connectivity index (χ1v) is 7.02. The van der Waals surface area contributed by atoms with Crippen molar-refractivity contribution in [2.45, 2.75) is 39.8 Å². The Balaban J connectivity index is 2.52.